The van der Waals surface area contributed by atoms with Gasteiger partial charge in [-0.2, -0.15) is 9.78 Å². The first-order valence-electron chi connectivity index (χ1n) is 10.8. The van der Waals surface area contributed by atoms with Gasteiger partial charge in [-0.1, -0.05) is 53.4 Å². The molecule has 2 aromatic carbocycles. The van der Waals surface area contributed by atoms with E-state index in [0.717, 1.165) is 50.8 Å². The van der Waals surface area contributed by atoms with Crippen molar-refractivity contribution in [2.75, 3.05) is 0 Å². The number of benzene rings is 2. The van der Waals surface area contributed by atoms with Crippen LogP contribution in [0, 0.1) is 6.92 Å². The van der Waals surface area contributed by atoms with Crippen molar-refractivity contribution in [3.05, 3.63) is 74.4 Å². The van der Waals surface area contributed by atoms with Crippen LogP contribution < -0.4 is 5.56 Å². The van der Waals surface area contributed by atoms with Gasteiger partial charge in [-0.05, 0) is 44.0 Å². The second-order valence-corrected chi connectivity index (χ2v) is 9.32. The third-order valence-corrected chi connectivity index (χ3v) is 7.05. The van der Waals surface area contributed by atoms with E-state index in [1.165, 1.54) is 19.3 Å². The average molecular weight is 477 g/mol. The fourth-order valence-corrected chi connectivity index (χ4v) is 5.09. The van der Waals surface area contributed by atoms with Crippen LogP contribution in [0.2, 0.25) is 0 Å². The SMILES string of the molecule is Cc1c(C=Nn2c(C3CCCCC3)nc3ccc(Br)cc3c2=O)c2ccccc2n1C. The molecule has 158 valence electrons. The molecule has 2 heterocycles. The van der Waals surface area contributed by atoms with Gasteiger partial charge in [-0.15, -0.1) is 0 Å². The molecule has 1 fully saturated rings. The Morgan fingerprint density at radius 2 is 1.87 bits per heavy atom. The number of aryl methyl sites for hydroxylation is 1. The second-order valence-electron chi connectivity index (χ2n) is 8.40. The number of halogens is 1. The monoisotopic (exact) mass is 476 g/mol. The summed E-state index contributed by atoms with van der Waals surface area (Å²) in [6, 6.07) is 14.0. The van der Waals surface area contributed by atoms with Crippen molar-refractivity contribution < 1.29 is 0 Å². The van der Waals surface area contributed by atoms with Crippen LogP contribution in [0.15, 0.2) is 56.8 Å². The van der Waals surface area contributed by atoms with Crippen LogP contribution in [0.3, 0.4) is 0 Å². The van der Waals surface area contributed by atoms with E-state index in [1.54, 1.807) is 4.68 Å². The molecule has 0 amide bonds. The Balaban J connectivity index is 1.71. The molecule has 1 aliphatic rings. The molecule has 0 aliphatic heterocycles. The molecule has 4 aromatic rings. The predicted molar refractivity (Wildman–Crippen MR) is 130 cm³/mol. The number of hydrogen-bond acceptors (Lipinski definition) is 3. The summed E-state index contributed by atoms with van der Waals surface area (Å²) in [6.45, 7) is 2.09. The molecule has 0 saturated heterocycles. The van der Waals surface area contributed by atoms with Gasteiger partial charge >= 0.3 is 0 Å². The predicted octanol–water partition coefficient (Wildman–Crippen LogP) is 5.89. The number of fused-ring (bicyclic) bond motifs is 2. The van der Waals surface area contributed by atoms with Crippen molar-refractivity contribution >= 4 is 44.0 Å². The first kappa shape index (κ1) is 20.2. The zero-order valence-corrected chi connectivity index (χ0v) is 19.4. The number of rotatable bonds is 3. The third kappa shape index (κ3) is 3.53. The minimum absolute atomic E-state index is 0.110. The zero-order valence-electron chi connectivity index (χ0n) is 17.8. The average Bonchev–Trinajstić information content (AvgIpc) is 3.04. The lowest BCUT2D eigenvalue weighted by Gasteiger charge is -2.22. The van der Waals surface area contributed by atoms with Crippen LogP contribution in [0.25, 0.3) is 21.8 Å². The van der Waals surface area contributed by atoms with Crippen LogP contribution in [-0.2, 0) is 7.05 Å². The molecule has 5 rings (SSSR count). The third-order valence-electron chi connectivity index (χ3n) is 6.55. The Kier molecular flexibility index (Phi) is 5.26. The molecule has 0 N–H and O–H groups in total. The van der Waals surface area contributed by atoms with Gasteiger partial charge in [0.25, 0.3) is 5.56 Å². The molecule has 1 aliphatic carbocycles. The Morgan fingerprint density at radius 1 is 1.10 bits per heavy atom. The molecular weight excluding hydrogens is 452 g/mol. The maximum absolute atomic E-state index is 13.5. The van der Waals surface area contributed by atoms with E-state index >= 15 is 0 Å². The Bertz CT molecular complexity index is 1380. The molecular formula is C25H25BrN4O. The van der Waals surface area contributed by atoms with Crippen molar-refractivity contribution in [3.63, 3.8) is 0 Å². The molecule has 0 atom stereocenters. The van der Waals surface area contributed by atoms with E-state index in [0.29, 0.717) is 5.39 Å². The molecule has 0 bridgehead atoms. The van der Waals surface area contributed by atoms with E-state index in [2.05, 4.69) is 46.6 Å². The maximum Gasteiger partial charge on any atom is 0.282 e. The highest BCUT2D eigenvalue weighted by atomic mass is 79.9. The van der Waals surface area contributed by atoms with E-state index < -0.39 is 0 Å². The Morgan fingerprint density at radius 3 is 2.68 bits per heavy atom. The second kappa shape index (κ2) is 8.08. The molecule has 6 heteroatoms. The number of aromatic nitrogens is 3. The summed E-state index contributed by atoms with van der Waals surface area (Å²) in [7, 11) is 2.06. The van der Waals surface area contributed by atoms with Gasteiger partial charge in [0.2, 0.25) is 0 Å². The van der Waals surface area contributed by atoms with Gasteiger partial charge in [0, 0.05) is 39.6 Å². The number of hydrogen-bond donors (Lipinski definition) is 0. The van der Waals surface area contributed by atoms with Gasteiger partial charge in [-0.3, -0.25) is 4.79 Å². The first-order chi connectivity index (χ1) is 15.0. The van der Waals surface area contributed by atoms with Crippen molar-refractivity contribution in [2.24, 2.45) is 12.1 Å². The summed E-state index contributed by atoms with van der Waals surface area (Å²) in [4.78, 5) is 18.4. The highest BCUT2D eigenvalue weighted by Crippen LogP contribution is 2.32. The van der Waals surface area contributed by atoms with Crippen LogP contribution in [0.4, 0.5) is 0 Å². The van der Waals surface area contributed by atoms with Gasteiger partial charge in [0.15, 0.2) is 0 Å². The summed E-state index contributed by atoms with van der Waals surface area (Å²) in [5.41, 5.74) is 3.94. The molecule has 31 heavy (non-hydrogen) atoms. The number of nitrogens with zero attached hydrogens (tertiary/aromatic N) is 4. The quantitative estimate of drug-likeness (QED) is 0.346. The lowest BCUT2D eigenvalue weighted by atomic mass is 9.88. The molecule has 0 unspecified atom stereocenters. The van der Waals surface area contributed by atoms with Crippen LogP contribution in [0.1, 0.15) is 55.1 Å². The van der Waals surface area contributed by atoms with Crippen LogP contribution in [0.5, 0.6) is 0 Å². The standard InChI is InChI=1S/C25H25BrN4O/c1-16-21(19-10-6-7-11-23(19)29(16)2)15-27-30-24(17-8-4-3-5-9-17)28-22-13-12-18(26)14-20(22)25(30)31/h6-7,10-15,17H,3-5,8-9H2,1-2H3. The van der Waals surface area contributed by atoms with Crippen molar-refractivity contribution in [2.45, 2.75) is 44.9 Å². The fourth-order valence-electron chi connectivity index (χ4n) is 4.73. The van der Waals surface area contributed by atoms with Crippen molar-refractivity contribution in [3.8, 4) is 0 Å². The lowest BCUT2D eigenvalue weighted by molar-refractivity contribution is 0.416. The Hall–Kier alpha value is -2.73. The van der Waals surface area contributed by atoms with Gasteiger partial charge < -0.3 is 4.57 Å². The van der Waals surface area contributed by atoms with Gasteiger partial charge in [0.05, 0.1) is 17.1 Å². The van der Waals surface area contributed by atoms with Crippen molar-refractivity contribution in [1.82, 2.24) is 14.2 Å². The lowest BCUT2D eigenvalue weighted by Crippen LogP contribution is -2.25. The molecule has 0 spiro atoms. The minimum Gasteiger partial charge on any atom is -0.347 e. The zero-order chi connectivity index (χ0) is 21.5. The summed E-state index contributed by atoms with van der Waals surface area (Å²) in [6.07, 6.45) is 7.53. The maximum atomic E-state index is 13.5. The highest BCUT2D eigenvalue weighted by molar-refractivity contribution is 9.10. The van der Waals surface area contributed by atoms with Crippen molar-refractivity contribution in [1.29, 1.82) is 0 Å². The smallest absolute Gasteiger partial charge is 0.282 e. The molecule has 5 nitrogen and oxygen atoms in total. The van der Waals surface area contributed by atoms with E-state index in [9.17, 15) is 4.79 Å². The largest absolute Gasteiger partial charge is 0.347 e. The van der Waals surface area contributed by atoms with Crippen LogP contribution >= 0.6 is 15.9 Å². The number of para-hydroxylation sites is 1. The molecule has 0 radical (unpaired) electrons. The Labute approximate surface area is 189 Å². The molecule has 2 aromatic heterocycles. The summed E-state index contributed by atoms with van der Waals surface area (Å²) < 4.78 is 4.58. The fraction of sp³-hybridized carbons (Fsp3) is 0.320. The summed E-state index contributed by atoms with van der Waals surface area (Å²) in [5.74, 6) is 1.05. The van der Waals surface area contributed by atoms with Gasteiger partial charge in [-0.25, -0.2) is 4.98 Å². The first-order valence-corrected chi connectivity index (χ1v) is 11.6. The summed E-state index contributed by atoms with van der Waals surface area (Å²) in [5, 5.41) is 6.46. The normalized spacial score (nSPS) is 15.5. The van der Waals surface area contributed by atoms with E-state index in [4.69, 9.17) is 10.1 Å². The molecule has 1 saturated carbocycles. The van der Waals surface area contributed by atoms with Gasteiger partial charge in [0.1, 0.15) is 5.82 Å². The van der Waals surface area contributed by atoms with E-state index in [1.807, 2.05) is 36.5 Å². The minimum atomic E-state index is -0.110. The summed E-state index contributed by atoms with van der Waals surface area (Å²) >= 11 is 3.48. The van der Waals surface area contributed by atoms with E-state index in [-0.39, 0.29) is 11.5 Å². The van der Waals surface area contributed by atoms with Crippen LogP contribution in [-0.4, -0.2) is 20.4 Å². The highest BCUT2D eigenvalue weighted by Gasteiger charge is 2.22. The topological polar surface area (TPSA) is 52.2 Å².